The molecule has 18 heavy (non-hydrogen) atoms. The number of rotatable bonds is 11. The monoisotopic (exact) mass is 260 g/mol. The molecule has 0 bridgehead atoms. The molecule has 1 N–H and O–H groups in total. The highest BCUT2D eigenvalue weighted by Gasteiger charge is 2.21. The van der Waals surface area contributed by atoms with E-state index in [4.69, 9.17) is 18.9 Å². The van der Waals surface area contributed by atoms with Crippen molar-refractivity contribution in [3.05, 3.63) is 24.8 Å². The van der Waals surface area contributed by atoms with E-state index in [0.29, 0.717) is 6.42 Å². The Balaban J connectivity index is 4.41. The van der Waals surface area contributed by atoms with Gasteiger partial charge in [0.2, 0.25) is 0 Å². The SMILES string of the molecule is C=CC(O)C[C@@H](OCOC)C(=C)[C@H](C)OCOC. The second kappa shape index (κ2) is 10.2. The van der Waals surface area contributed by atoms with Crippen LogP contribution < -0.4 is 0 Å². The summed E-state index contributed by atoms with van der Waals surface area (Å²) in [5, 5.41) is 9.59. The molecule has 0 aliphatic rings. The molecule has 0 rings (SSSR count). The molecule has 0 aromatic heterocycles. The second-order valence-corrected chi connectivity index (χ2v) is 3.89. The normalized spacial score (nSPS) is 16.0. The minimum atomic E-state index is -0.654. The Morgan fingerprint density at radius 3 is 2.28 bits per heavy atom. The molecule has 0 aromatic rings. The first kappa shape index (κ1) is 17.3. The van der Waals surface area contributed by atoms with Gasteiger partial charge in [0.25, 0.3) is 0 Å². The topological polar surface area (TPSA) is 57.2 Å². The average Bonchev–Trinajstić information content (AvgIpc) is 2.39. The lowest BCUT2D eigenvalue weighted by Crippen LogP contribution is -2.29. The van der Waals surface area contributed by atoms with Crippen LogP contribution in [0.4, 0.5) is 0 Å². The van der Waals surface area contributed by atoms with Crippen molar-refractivity contribution in [1.29, 1.82) is 0 Å². The zero-order valence-electron chi connectivity index (χ0n) is 11.4. The van der Waals surface area contributed by atoms with Gasteiger partial charge >= 0.3 is 0 Å². The molecule has 0 heterocycles. The fourth-order valence-electron chi connectivity index (χ4n) is 1.33. The number of aliphatic hydroxyl groups is 1. The standard InChI is InChI=1S/C13H24O5/c1-6-12(14)7-13(18-9-16-5)10(2)11(3)17-8-15-4/h6,11-14H,1-2,7-9H2,3-5H3/t11-,12?,13+/m0/s1. The van der Waals surface area contributed by atoms with Crippen LogP contribution in [0.1, 0.15) is 13.3 Å². The van der Waals surface area contributed by atoms with Gasteiger partial charge in [-0.2, -0.15) is 0 Å². The highest BCUT2D eigenvalue weighted by atomic mass is 16.7. The average molecular weight is 260 g/mol. The van der Waals surface area contributed by atoms with Gasteiger partial charge in [0.1, 0.15) is 13.6 Å². The minimum Gasteiger partial charge on any atom is -0.389 e. The molecule has 0 amide bonds. The highest BCUT2D eigenvalue weighted by Crippen LogP contribution is 2.18. The Bertz CT molecular complexity index is 242. The first-order chi connectivity index (χ1) is 8.56. The third kappa shape index (κ3) is 6.88. The van der Waals surface area contributed by atoms with E-state index in [9.17, 15) is 5.11 Å². The van der Waals surface area contributed by atoms with Crippen LogP contribution in [0.2, 0.25) is 0 Å². The molecular formula is C13H24O5. The zero-order chi connectivity index (χ0) is 14.0. The van der Waals surface area contributed by atoms with E-state index >= 15 is 0 Å². The van der Waals surface area contributed by atoms with Crippen molar-refractivity contribution in [2.24, 2.45) is 0 Å². The molecule has 5 heteroatoms. The van der Waals surface area contributed by atoms with Crippen molar-refractivity contribution in [3.63, 3.8) is 0 Å². The Hall–Kier alpha value is -0.720. The van der Waals surface area contributed by atoms with Crippen LogP contribution in [0.25, 0.3) is 0 Å². The van der Waals surface area contributed by atoms with Gasteiger partial charge in [0, 0.05) is 20.6 Å². The summed E-state index contributed by atoms with van der Waals surface area (Å²) in [4.78, 5) is 0. The smallest absolute Gasteiger partial charge is 0.147 e. The summed E-state index contributed by atoms with van der Waals surface area (Å²) in [6, 6.07) is 0. The first-order valence-electron chi connectivity index (χ1n) is 5.77. The Labute approximate surface area is 109 Å². The molecule has 1 unspecified atom stereocenters. The van der Waals surface area contributed by atoms with Crippen LogP contribution in [0.15, 0.2) is 24.8 Å². The molecule has 106 valence electrons. The summed E-state index contributed by atoms with van der Waals surface area (Å²) in [6.07, 6.45) is 0.579. The zero-order valence-corrected chi connectivity index (χ0v) is 11.4. The van der Waals surface area contributed by atoms with Crippen LogP contribution in [-0.4, -0.2) is 51.2 Å². The maximum Gasteiger partial charge on any atom is 0.147 e. The largest absolute Gasteiger partial charge is 0.389 e. The lowest BCUT2D eigenvalue weighted by molar-refractivity contribution is -0.0893. The number of hydrogen-bond donors (Lipinski definition) is 1. The maximum absolute atomic E-state index is 9.59. The van der Waals surface area contributed by atoms with Crippen molar-refractivity contribution >= 4 is 0 Å². The van der Waals surface area contributed by atoms with Crippen LogP contribution in [0.5, 0.6) is 0 Å². The molecule has 5 nitrogen and oxygen atoms in total. The lowest BCUT2D eigenvalue weighted by Gasteiger charge is -2.25. The minimum absolute atomic E-state index is 0.130. The third-order valence-corrected chi connectivity index (χ3v) is 2.49. The first-order valence-corrected chi connectivity index (χ1v) is 5.77. The lowest BCUT2D eigenvalue weighted by atomic mass is 10.0. The third-order valence-electron chi connectivity index (χ3n) is 2.49. The van der Waals surface area contributed by atoms with Gasteiger partial charge in [0.15, 0.2) is 0 Å². The fraction of sp³-hybridized carbons (Fsp3) is 0.692. The molecule has 0 saturated heterocycles. The summed E-state index contributed by atoms with van der Waals surface area (Å²) < 4.78 is 20.5. The molecule has 0 spiro atoms. The van der Waals surface area contributed by atoms with E-state index in [0.717, 1.165) is 5.57 Å². The molecule has 0 aromatic carbocycles. The van der Waals surface area contributed by atoms with Crippen molar-refractivity contribution in [3.8, 4) is 0 Å². The van der Waals surface area contributed by atoms with Gasteiger partial charge in [-0.25, -0.2) is 0 Å². The predicted molar refractivity (Wildman–Crippen MR) is 69.1 cm³/mol. The quantitative estimate of drug-likeness (QED) is 0.450. The van der Waals surface area contributed by atoms with Gasteiger partial charge in [-0.05, 0) is 12.5 Å². The highest BCUT2D eigenvalue weighted by molar-refractivity contribution is 5.09. The number of aliphatic hydroxyl groups excluding tert-OH is 1. The molecule has 0 aliphatic carbocycles. The van der Waals surface area contributed by atoms with E-state index in [2.05, 4.69) is 13.2 Å². The second-order valence-electron chi connectivity index (χ2n) is 3.89. The summed E-state index contributed by atoms with van der Waals surface area (Å²) in [6.45, 7) is 9.63. The maximum atomic E-state index is 9.59. The van der Waals surface area contributed by atoms with Crippen LogP contribution >= 0.6 is 0 Å². The molecule has 0 fully saturated rings. The van der Waals surface area contributed by atoms with Crippen molar-refractivity contribution < 1.29 is 24.1 Å². The predicted octanol–water partition coefficient (Wildman–Crippen LogP) is 1.48. The Morgan fingerprint density at radius 1 is 1.22 bits per heavy atom. The number of methoxy groups -OCH3 is 2. The van der Waals surface area contributed by atoms with Crippen molar-refractivity contribution in [2.45, 2.75) is 31.7 Å². The molecular weight excluding hydrogens is 236 g/mol. The number of ether oxygens (including phenoxy) is 4. The van der Waals surface area contributed by atoms with Crippen molar-refractivity contribution in [1.82, 2.24) is 0 Å². The van der Waals surface area contributed by atoms with Gasteiger partial charge in [-0.15, -0.1) is 6.58 Å². The van der Waals surface area contributed by atoms with Gasteiger partial charge in [0.05, 0.1) is 18.3 Å². The van der Waals surface area contributed by atoms with E-state index in [1.54, 1.807) is 7.11 Å². The van der Waals surface area contributed by atoms with E-state index < -0.39 is 6.10 Å². The van der Waals surface area contributed by atoms with E-state index in [-0.39, 0.29) is 25.8 Å². The summed E-state index contributed by atoms with van der Waals surface area (Å²) in [5.41, 5.74) is 0.727. The van der Waals surface area contributed by atoms with Gasteiger partial charge < -0.3 is 24.1 Å². The van der Waals surface area contributed by atoms with Crippen LogP contribution in [0.3, 0.4) is 0 Å². The van der Waals surface area contributed by atoms with Crippen molar-refractivity contribution in [2.75, 3.05) is 27.8 Å². The number of hydrogen-bond acceptors (Lipinski definition) is 5. The van der Waals surface area contributed by atoms with E-state index in [1.807, 2.05) is 6.92 Å². The summed E-state index contributed by atoms with van der Waals surface area (Å²) in [7, 11) is 3.09. The molecule has 0 radical (unpaired) electrons. The van der Waals surface area contributed by atoms with Crippen LogP contribution in [0, 0.1) is 0 Å². The summed E-state index contributed by atoms with van der Waals surface area (Å²) in [5.74, 6) is 0. The van der Waals surface area contributed by atoms with E-state index in [1.165, 1.54) is 13.2 Å². The van der Waals surface area contributed by atoms with Crippen LogP contribution in [-0.2, 0) is 18.9 Å². The molecule has 0 aliphatic heterocycles. The Kier molecular flexibility index (Phi) is 9.82. The fourth-order valence-corrected chi connectivity index (χ4v) is 1.33. The summed E-state index contributed by atoms with van der Waals surface area (Å²) >= 11 is 0. The molecule has 3 atom stereocenters. The Morgan fingerprint density at radius 2 is 1.78 bits per heavy atom. The van der Waals surface area contributed by atoms with Gasteiger partial charge in [-0.1, -0.05) is 12.7 Å². The van der Waals surface area contributed by atoms with Gasteiger partial charge in [-0.3, -0.25) is 0 Å². The molecule has 0 saturated carbocycles.